The second-order valence-corrected chi connectivity index (χ2v) is 5.86. The Labute approximate surface area is 211 Å². The molecule has 2 rings (SSSR count). The van der Waals surface area contributed by atoms with E-state index in [1.54, 1.807) is 59.5 Å². The number of benzene rings is 2. The van der Waals surface area contributed by atoms with Crippen molar-refractivity contribution in [2.45, 2.75) is 6.92 Å². The molecule has 0 unspecified atom stereocenters. The number of hydrogen-bond donors (Lipinski definition) is 2. The Hall–Kier alpha value is -2.21. The predicted molar refractivity (Wildman–Crippen MR) is 110 cm³/mol. The van der Waals surface area contributed by atoms with Gasteiger partial charge in [-0.1, -0.05) is 6.08 Å². The number of nitrogen functional groups attached to an aromatic ring is 1. The molecule has 0 aliphatic rings. The third-order valence-electron chi connectivity index (χ3n) is 3.91. The van der Waals surface area contributed by atoms with Crippen molar-refractivity contribution < 1.29 is 68.6 Å². The Balaban J connectivity index is 0.00000420. The largest absolute Gasteiger partial charge is 0.484 e. The molecule has 0 fully saturated rings. The van der Waals surface area contributed by atoms with Crippen LogP contribution in [-0.4, -0.2) is 47.8 Å². The Kier molecular flexibility index (Phi) is 12.9. The van der Waals surface area contributed by atoms with Gasteiger partial charge in [0.05, 0.1) is 5.56 Å². The molecular weight excluding hydrogens is 601 g/mol. The van der Waals surface area contributed by atoms with Gasteiger partial charge in [0.1, 0.15) is 17.3 Å². The number of likely N-dealkylation sites (N-methyl/N-ethyl adjacent to an activating group) is 1. The molecule has 1 amide bonds. The quantitative estimate of drug-likeness (QED) is 0.144. The molecule has 0 spiro atoms. The van der Waals surface area contributed by atoms with Crippen molar-refractivity contribution in [1.82, 2.24) is 4.90 Å². The summed E-state index contributed by atoms with van der Waals surface area (Å²) in [5, 5.41) is 7.35. The molecule has 0 aromatic heterocycles. The predicted octanol–water partition coefficient (Wildman–Crippen LogP) is 1.78. The van der Waals surface area contributed by atoms with Crippen LogP contribution in [0.15, 0.2) is 61.2 Å². The zero-order valence-corrected chi connectivity index (χ0v) is 21.5. The third-order valence-corrected chi connectivity index (χ3v) is 3.91. The first-order valence-electron chi connectivity index (χ1n) is 8.72. The summed E-state index contributed by atoms with van der Waals surface area (Å²) < 4.78 is 10.8. The maximum atomic E-state index is 12.2. The van der Waals surface area contributed by atoms with Crippen molar-refractivity contribution in [3.05, 3.63) is 72.3 Å². The molecule has 5 N–H and O–H groups in total. The van der Waals surface area contributed by atoms with Crippen LogP contribution in [0.3, 0.4) is 0 Å². The summed E-state index contributed by atoms with van der Waals surface area (Å²) in [6.07, 6.45) is 1.66. The first-order valence-corrected chi connectivity index (χ1v) is 8.72. The molecule has 157 valence electrons. The van der Waals surface area contributed by atoms with Crippen molar-refractivity contribution in [2.24, 2.45) is 5.73 Å². The van der Waals surface area contributed by atoms with Gasteiger partial charge in [-0.2, -0.15) is 0 Å². The molecule has 0 aliphatic carbocycles. The summed E-state index contributed by atoms with van der Waals surface area (Å²) in [7, 11) is 0. The van der Waals surface area contributed by atoms with Crippen molar-refractivity contribution >= 4 is 17.7 Å². The van der Waals surface area contributed by atoms with Crippen LogP contribution < -0.4 is 15.2 Å². The minimum atomic E-state index is -0.527. The monoisotopic (exact) mass is 626 g/mol. The molecule has 30 heavy (non-hydrogen) atoms. The Morgan fingerprint density at radius 2 is 1.60 bits per heavy atom. The second-order valence-electron chi connectivity index (χ2n) is 5.86. The molecule has 1 radical (unpaired) electrons. The van der Waals surface area contributed by atoms with E-state index >= 15 is 0 Å². The molecule has 2 aromatic carbocycles. The van der Waals surface area contributed by atoms with E-state index in [9.17, 15) is 9.59 Å². The van der Waals surface area contributed by atoms with Gasteiger partial charge in [-0.05, 0) is 55.5 Å². The molecule has 0 saturated carbocycles. The summed E-state index contributed by atoms with van der Waals surface area (Å²) in [4.78, 5) is 25.9. The minimum absolute atomic E-state index is 0. The van der Waals surface area contributed by atoms with E-state index in [4.69, 9.17) is 20.6 Å². The number of rotatable bonds is 9. The summed E-state index contributed by atoms with van der Waals surface area (Å²) in [6, 6.07) is 12.7. The number of carbonyl (C=O) groups is 2. The number of amides is 1. The summed E-state index contributed by atoms with van der Waals surface area (Å²) >= 11 is 0. The number of amidine groups is 1. The topological polar surface area (TPSA) is 137 Å². The zero-order valence-electron chi connectivity index (χ0n) is 16.8. The van der Waals surface area contributed by atoms with E-state index in [0.717, 1.165) is 0 Å². The van der Waals surface area contributed by atoms with Crippen LogP contribution >= 0.6 is 0 Å². The molecule has 9 heteroatoms. The molecule has 0 heterocycles. The molecule has 0 saturated heterocycles. The van der Waals surface area contributed by atoms with Gasteiger partial charge in [0.25, 0.3) is 5.91 Å². The third kappa shape index (κ3) is 8.27. The molecule has 0 aliphatic heterocycles. The fraction of sp³-hybridized carbons (Fsp3) is 0.190. The van der Waals surface area contributed by atoms with Crippen LogP contribution in [-0.2, 0) is 4.79 Å². The van der Waals surface area contributed by atoms with E-state index in [1.807, 2.05) is 6.92 Å². The van der Waals surface area contributed by atoms with Crippen LogP contribution in [0.25, 0.3) is 0 Å². The zero-order chi connectivity index (χ0) is 20.5. The number of nitrogens with one attached hydrogen (secondary N) is 1. The number of nitrogens with two attached hydrogens (primary N) is 1. The Morgan fingerprint density at radius 1 is 1.07 bits per heavy atom. The van der Waals surface area contributed by atoms with Gasteiger partial charge < -0.3 is 25.6 Å². The average Bonchev–Trinajstić information content (AvgIpc) is 2.71. The van der Waals surface area contributed by atoms with Crippen molar-refractivity contribution in [3.63, 3.8) is 0 Å². The second kappa shape index (κ2) is 13.9. The number of carbonyl (C=O) groups excluding carboxylic acids is 2. The fourth-order valence-corrected chi connectivity index (χ4v) is 2.36. The van der Waals surface area contributed by atoms with Gasteiger partial charge >= 0.3 is 5.97 Å². The van der Waals surface area contributed by atoms with E-state index in [-0.39, 0.29) is 67.9 Å². The van der Waals surface area contributed by atoms with Gasteiger partial charge in [0, 0.05) is 62.7 Å². The number of nitrogens with zero attached hydrogens (tertiary/aromatic N) is 1. The minimum Gasteiger partial charge on any atom is -0.484 e. The van der Waals surface area contributed by atoms with Crippen LogP contribution in [0.5, 0.6) is 11.5 Å². The normalized spacial score (nSPS) is 9.37. The van der Waals surface area contributed by atoms with Crippen molar-refractivity contribution in [1.29, 1.82) is 5.41 Å². The molecule has 0 bridgehead atoms. The number of ether oxygens (including phenoxy) is 2. The van der Waals surface area contributed by atoms with E-state index in [1.165, 1.54) is 0 Å². The van der Waals surface area contributed by atoms with E-state index in [0.29, 0.717) is 35.7 Å². The average molecular weight is 626 g/mol. The van der Waals surface area contributed by atoms with Gasteiger partial charge in [-0.25, -0.2) is 4.79 Å². The molecule has 8 nitrogen and oxygen atoms in total. The van der Waals surface area contributed by atoms with Gasteiger partial charge in [0.15, 0.2) is 6.61 Å². The maximum Gasteiger partial charge on any atom is 0.343 e. The number of hydrogen-bond acceptors (Lipinski definition) is 5. The Bertz CT molecular complexity index is 854. The smallest absolute Gasteiger partial charge is 0.343 e. The van der Waals surface area contributed by atoms with E-state index in [2.05, 4.69) is 6.58 Å². The Morgan fingerprint density at radius 3 is 2.10 bits per heavy atom. The first kappa shape index (κ1) is 27.8. The van der Waals surface area contributed by atoms with Crippen LogP contribution in [0.1, 0.15) is 22.8 Å². The summed E-state index contributed by atoms with van der Waals surface area (Å²) in [5.74, 6) is 0.105. The van der Waals surface area contributed by atoms with Gasteiger partial charge in [-0.3, -0.25) is 10.2 Å². The maximum absolute atomic E-state index is 12.2. The van der Waals surface area contributed by atoms with Crippen molar-refractivity contribution in [3.8, 4) is 11.5 Å². The van der Waals surface area contributed by atoms with Crippen molar-refractivity contribution in [2.75, 3.05) is 19.7 Å². The molecule has 2 aromatic rings. The number of esters is 1. The van der Waals surface area contributed by atoms with Crippen LogP contribution in [0.4, 0.5) is 0 Å². The summed E-state index contributed by atoms with van der Waals surface area (Å²) in [6.45, 7) is 6.46. The summed E-state index contributed by atoms with van der Waals surface area (Å²) in [5.41, 5.74) is 6.28. The SMILES string of the molecule is C=CCN(CC)C(=O)COc1ccc(C(=O)Oc2ccc(C(=N)N)cc2)cc1.O.[Ac]. The van der Waals surface area contributed by atoms with Gasteiger partial charge in [0.2, 0.25) is 0 Å². The molecule has 0 atom stereocenters. The van der Waals surface area contributed by atoms with E-state index < -0.39 is 5.97 Å². The van der Waals surface area contributed by atoms with Gasteiger partial charge in [-0.15, -0.1) is 6.58 Å². The standard InChI is InChI=1S/C21H23N3O4.Ac.H2O/c1-3-13-24(4-2)19(25)14-27-17-9-7-16(8-10-17)21(26)28-18-11-5-15(6-12-18)20(22)23;;/h3,5-12H,1,4,13-14H2,2H3,(H3,22,23);;1H2. The van der Waals surface area contributed by atoms with Crippen LogP contribution in [0.2, 0.25) is 0 Å². The molecular formula is C21H25AcN3O5. The fourth-order valence-electron chi connectivity index (χ4n) is 2.36. The first-order chi connectivity index (χ1) is 13.4. The van der Waals surface area contributed by atoms with Crippen LogP contribution in [0, 0.1) is 49.5 Å².